The molecule has 2 rings (SSSR count). The molecular weight excluding hydrogens is 242 g/mol. The number of rotatable bonds is 5. The molecule has 1 heterocycles. The average Bonchev–Trinajstić information content (AvgIpc) is 2.77. The van der Waals surface area contributed by atoms with Crippen molar-refractivity contribution in [3.8, 4) is 11.3 Å². The number of nitrogens with zero attached hydrogens (tertiary/aromatic N) is 1. The van der Waals surface area contributed by atoms with Crippen LogP contribution in [-0.4, -0.2) is 16.2 Å². The van der Waals surface area contributed by atoms with Gasteiger partial charge < -0.3 is 5.11 Å². The van der Waals surface area contributed by atoms with Gasteiger partial charge in [-0.25, -0.2) is 4.98 Å². The second-order valence-corrected chi connectivity index (χ2v) is 5.83. The Morgan fingerprint density at radius 1 is 1.22 bits per heavy atom. The largest absolute Gasteiger partial charge is 0.393 e. The van der Waals surface area contributed by atoms with Crippen LogP contribution in [-0.2, 0) is 6.42 Å². The molecule has 0 radical (unpaired) electrons. The third-order valence-electron chi connectivity index (χ3n) is 2.89. The molecule has 1 N–H and O–H groups in total. The van der Waals surface area contributed by atoms with E-state index in [9.17, 15) is 5.11 Å². The van der Waals surface area contributed by atoms with Crippen molar-refractivity contribution in [2.75, 3.05) is 0 Å². The van der Waals surface area contributed by atoms with Crippen LogP contribution in [0.2, 0.25) is 0 Å². The van der Waals surface area contributed by atoms with Crippen LogP contribution >= 0.6 is 11.3 Å². The number of aliphatic hydroxyl groups excluding tert-OH is 1. The molecule has 1 aromatic heterocycles. The monoisotopic (exact) mass is 261 g/mol. The summed E-state index contributed by atoms with van der Waals surface area (Å²) in [4.78, 5) is 4.66. The molecule has 0 saturated carbocycles. The van der Waals surface area contributed by atoms with E-state index in [2.05, 4.69) is 29.4 Å². The van der Waals surface area contributed by atoms with Gasteiger partial charge in [0.2, 0.25) is 0 Å². The molecule has 96 valence electrons. The molecule has 0 aliphatic rings. The molecule has 3 heteroatoms. The van der Waals surface area contributed by atoms with Gasteiger partial charge in [-0.2, -0.15) is 0 Å². The van der Waals surface area contributed by atoms with Gasteiger partial charge >= 0.3 is 0 Å². The zero-order valence-corrected chi connectivity index (χ0v) is 11.7. The van der Waals surface area contributed by atoms with E-state index in [0.29, 0.717) is 5.92 Å². The van der Waals surface area contributed by atoms with E-state index in [0.717, 1.165) is 23.5 Å². The van der Waals surface area contributed by atoms with Crippen molar-refractivity contribution in [2.45, 2.75) is 32.8 Å². The maximum Gasteiger partial charge on any atom is 0.0935 e. The molecule has 0 saturated heterocycles. The highest BCUT2D eigenvalue weighted by Gasteiger charge is 2.10. The van der Waals surface area contributed by atoms with Gasteiger partial charge in [0.15, 0.2) is 0 Å². The quantitative estimate of drug-likeness (QED) is 0.889. The third-order valence-corrected chi connectivity index (χ3v) is 3.76. The Kier molecular flexibility index (Phi) is 4.50. The van der Waals surface area contributed by atoms with E-state index in [4.69, 9.17) is 0 Å². The van der Waals surface area contributed by atoms with Gasteiger partial charge in [-0.15, -0.1) is 11.3 Å². The topological polar surface area (TPSA) is 33.1 Å². The molecule has 2 unspecified atom stereocenters. The average molecular weight is 261 g/mol. The third kappa shape index (κ3) is 3.65. The summed E-state index contributed by atoms with van der Waals surface area (Å²) in [5.74, 6) is 0.472. The summed E-state index contributed by atoms with van der Waals surface area (Å²) in [6.07, 6.45) is 1.55. The Hall–Kier alpha value is -1.19. The smallest absolute Gasteiger partial charge is 0.0935 e. The zero-order valence-electron chi connectivity index (χ0n) is 10.8. The Bertz CT molecular complexity index is 478. The number of benzene rings is 1. The molecule has 0 fully saturated rings. The van der Waals surface area contributed by atoms with Crippen LogP contribution in [0.3, 0.4) is 0 Å². The maximum absolute atomic E-state index is 9.37. The van der Waals surface area contributed by atoms with Crippen molar-refractivity contribution in [3.05, 3.63) is 40.7 Å². The number of thiazole rings is 1. The first kappa shape index (κ1) is 13.2. The second-order valence-electron chi connectivity index (χ2n) is 4.89. The Labute approximate surface area is 112 Å². The number of hydrogen-bond acceptors (Lipinski definition) is 3. The van der Waals surface area contributed by atoms with E-state index in [1.54, 1.807) is 11.3 Å². The van der Waals surface area contributed by atoms with Crippen molar-refractivity contribution < 1.29 is 5.11 Å². The summed E-state index contributed by atoms with van der Waals surface area (Å²) in [7, 11) is 0. The molecule has 0 aliphatic carbocycles. The van der Waals surface area contributed by atoms with Gasteiger partial charge in [0, 0.05) is 17.4 Å². The molecule has 0 amide bonds. The van der Waals surface area contributed by atoms with Gasteiger partial charge in [0.1, 0.15) is 0 Å². The highest BCUT2D eigenvalue weighted by Crippen LogP contribution is 2.24. The molecule has 1 aromatic carbocycles. The predicted octanol–water partition coefficient (Wildman–Crippen LogP) is 3.76. The number of aliphatic hydroxyl groups is 1. The fourth-order valence-electron chi connectivity index (χ4n) is 2.11. The molecule has 18 heavy (non-hydrogen) atoms. The minimum absolute atomic E-state index is 0.228. The van der Waals surface area contributed by atoms with Crippen LogP contribution in [0.15, 0.2) is 35.7 Å². The van der Waals surface area contributed by atoms with E-state index < -0.39 is 0 Å². The van der Waals surface area contributed by atoms with Crippen LogP contribution in [0.4, 0.5) is 0 Å². The molecule has 2 aromatic rings. The van der Waals surface area contributed by atoms with Crippen molar-refractivity contribution >= 4 is 11.3 Å². The maximum atomic E-state index is 9.37. The molecule has 2 nitrogen and oxygen atoms in total. The first-order valence-electron chi connectivity index (χ1n) is 6.33. The molecule has 0 aliphatic heterocycles. The SMILES string of the molecule is CC(O)CC(C)Cc1nc(-c2ccccc2)cs1. The molecule has 0 spiro atoms. The second kappa shape index (κ2) is 6.12. The standard InChI is InChI=1S/C15H19NOS/c1-11(8-12(2)17)9-15-16-14(10-18-15)13-6-4-3-5-7-13/h3-7,10-12,17H,8-9H2,1-2H3. The fraction of sp³-hybridized carbons (Fsp3) is 0.400. The van der Waals surface area contributed by atoms with E-state index >= 15 is 0 Å². The van der Waals surface area contributed by atoms with Crippen molar-refractivity contribution in [1.82, 2.24) is 4.98 Å². The normalized spacial score (nSPS) is 14.4. The predicted molar refractivity (Wildman–Crippen MR) is 76.7 cm³/mol. The van der Waals surface area contributed by atoms with Crippen molar-refractivity contribution in [1.29, 1.82) is 0 Å². The summed E-state index contributed by atoms with van der Waals surface area (Å²) in [5.41, 5.74) is 2.23. The van der Waals surface area contributed by atoms with E-state index in [1.165, 1.54) is 5.56 Å². The Morgan fingerprint density at radius 2 is 1.94 bits per heavy atom. The highest BCUT2D eigenvalue weighted by molar-refractivity contribution is 7.09. The minimum Gasteiger partial charge on any atom is -0.393 e. The van der Waals surface area contributed by atoms with Crippen LogP contribution in [0.5, 0.6) is 0 Å². The number of hydrogen-bond donors (Lipinski definition) is 1. The molecular formula is C15H19NOS. The van der Waals surface area contributed by atoms with Gasteiger partial charge in [-0.3, -0.25) is 0 Å². The minimum atomic E-state index is -0.228. The highest BCUT2D eigenvalue weighted by atomic mass is 32.1. The summed E-state index contributed by atoms with van der Waals surface area (Å²) >= 11 is 1.71. The van der Waals surface area contributed by atoms with E-state index in [1.807, 2.05) is 25.1 Å². The van der Waals surface area contributed by atoms with Gasteiger partial charge in [0.05, 0.1) is 16.8 Å². The van der Waals surface area contributed by atoms with Gasteiger partial charge in [0.25, 0.3) is 0 Å². The van der Waals surface area contributed by atoms with Gasteiger partial charge in [-0.1, -0.05) is 37.3 Å². The van der Waals surface area contributed by atoms with Crippen LogP contribution < -0.4 is 0 Å². The lowest BCUT2D eigenvalue weighted by atomic mass is 10.0. The molecule has 2 atom stereocenters. The first-order valence-corrected chi connectivity index (χ1v) is 7.21. The summed E-state index contributed by atoms with van der Waals surface area (Å²) in [6.45, 7) is 4.00. The lowest BCUT2D eigenvalue weighted by Crippen LogP contribution is -2.09. The summed E-state index contributed by atoms with van der Waals surface area (Å²) in [6, 6.07) is 10.2. The van der Waals surface area contributed by atoms with Gasteiger partial charge in [-0.05, 0) is 19.3 Å². The fourth-order valence-corrected chi connectivity index (χ4v) is 3.08. The van der Waals surface area contributed by atoms with Crippen LogP contribution in [0, 0.1) is 5.92 Å². The first-order chi connectivity index (χ1) is 8.65. The number of aromatic nitrogens is 1. The lowest BCUT2D eigenvalue weighted by molar-refractivity contribution is 0.164. The summed E-state index contributed by atoms with van der Waals surface area (Å²) < 4.78 is 0. The molecule has 0 bridgehead atoms. The van der Waals surface area contributed by atoms with Crippen molar-refractivity contribution in [2.24, 2.45) is 5.92 Å². The van der Waals surface area contributed by atoms with Crippen LogP contribution in [0.1, 0.15) is 25.3 Å². The lowest BCUT2D eigenvalue weighted by Gasteiger charge is -2.10. The van der Waals surface area contributed by atoms with E-state index in [-0.39, 0.29) is 6.10 Å². The van der Waals surface area contributed by atoms with Crippen molar-refractivity contribution in [3.63, 3.8) is 0 Å². The zero-order chi connectivity index (χ0) is 13.0. The summed E-state index contributed by atoms with van der Waals surface area (Å²) in [5, 5.41) is 12.6. The Morgan fingerprint density at radius 3 is 2.61 bits per heavy atom. The Balaban J connectivity index is 2.03. The van der Waals surface area contributed by atoms with Crippen LogP contribution in [0.25, 0.3) is 11.3 Å².